The molecule has 0 unspecified atom stereocenters. The number of carboxylic acid groups (broad SMARTS) is 2. The zero-order valence-electron chi connectivity index (χ0n) is 19.5. The Hall–Kier alpha value is -3.38. The van der Waals surface area contributed by atoms with Gasteiger partial charge in [0.15, 0.2) is 17.6 Å². The van der Waals surface area contributed by atoms with Crippen LogP contribution < -0.4 is 25.5 Å². The SMILES string of the molecule is CC[n+]1c(CN)n(CCO)c2cc(OCC(=O)NC3CCN(C(C)=O)CC3)ccc21.O=C([O-])O. The smallest absolute Gasteiger partial charge is 0.271 e. The Morgan fingerprint density at radius 1 is 1.29 bits per heavy atom. The molecular formula is C22H33N5O7. The fourth-order valence-corrected chi connectivity index (χ4v) is 4.14. The normalized spacial score (nSPS) is 13.8. The van der Waals surface area contributed by atoms with Gasteiger partial charge in [0.05, 0.1) is 19.7 Å². The van der Waals surface area contributed by atoms with Crippen molar-refractivity contribution in [1.29, 1.82) is 0 Å². The van der Waals surface area contributed by atoms with Crippen molar-refractivity contribution in [3.05, 3.63) is 24.0 Å². The Morgan fingerprint density at radius 2 is 1.94 bits per heavy atom. The molecule has 0 spiro atoms. The zero-order chi connectivity index (χ0) is 25.3. The van der Waals surface area contributed by atoms with Crippen molar-refractivity contribution in [3.8, 4) is 5.75 Å². The average molecular weight is 480 g/mol. The molecule has 2 heterocycles. The number of ether oxygens (including phenoxy) is 1. The molecule has 0 radical (unpaired) electrons. The number of fused-ring (bicyclic) bond motifs is 1. The van der Waals surface area contributed by atoms with Crippen LogP contribution in [0.4, 0.5) is 4.79 Å². The predicted octanol–water partition coefficient (Wildman–Crippen LogP) is -1.21. The number of hydrogen-bond acceptors (Lipinski definition) is 7. The van der Waals surface area contributed by atoms with Gasteiger partial charge in [0.1, 0.15) is 12.3 Å². The van der Waals surface area contributed by atoms with Crippen molar-refractivity contribution in [2.24, 2.45) is 5.73 Å². The molecule has 5 N–H and O–H groups in total. The van der Waals surface area contributed by atoms with Gasteiger partial charge in [-0.25, -0.2) is 9.13 Å². The number of aliphatic hydroxyl groups is 1. The number of nitrogens with zero attached hydrogens (tertiary/aromatic N) is 3. The van der Waals surface area contributed by atoms with E-state index in [1.807, 2.05) is 22.8 Å². The molecule has 1 fully saturated rings. The first-order valence-corrected chi connectivity index (χ1v) is 11.1. The lowest BCUT2D eigenvalue weighted by molar-refractivity contribution is -0.676. The maximum absolute atomic E-state index is 12.3. The molecule has 1 aliphatic heterocycles. The van der Waals surface area contributed by atoms with Gasteiger partial charge < -0.3 is 40.8 Å². The lowest BCUT2D eigenvalue weighted by atomic mass is 10.1. The standard InChI is InChI=1S/C21H31N5O4.CH2O3/c1-3-25-18-5-4-17(12-19(18)26(10-11-27)21(25)13-22)30-14-20(29)23-16-6-8-24(9-7-16)15(2)28;2-1(3)4/h4-5,12,16,27H,3,6-11,13-14,22H2,1-2H3;(H2,2,3,4). The summed E-state index contributed by atoms with van der Waals surface area (Å²) in [6, 6.07) is 5.75. The number of aryl methyl sites for hydroxylation is 1. The van der Waals surface area contributed by atoms with E-state index in [1.54, 1.807) is 11.8 Å². The molecule has 188 valence electrons. The van der Waals surface area contributed by atoms with E-state index in [9.17, 15) is 14.7 Å². The van der Waals surface area contributed by atoms with Crippen molar-refractivity contribution in [1.82, 2.24) is 14.8 Å². The molecule has 1 saturated heterocycles. The molecule has 2 aromatic rings. The van der Waals surface area contributed by atoms with E-state index in [1.165, 1.54) is 0 Å². The van der Waals surface area contributed by atoms with Gasteiger partial charge in [-0.3, -0.25) is 9.59 Å². The molecule has 1 aliphatic rings. The summed E-state index contributed by atoms with van der Waals surface area (Å²) in [5.41, 5.74) is 7.87. The van der Waals surface area contributed by atoms with Crippen molar-refractivity contribution in [2.45, 2.75) is 52.4 Å². The first-order chi connectivity index (χ1) is 16.2. The number of piperidine rings is 1. The number of aliphatic hydroxyl groups excluding tert-OH is 1. The monoisotopic (exact) mass is 479 g/mol. The van der Waals surface area contributed by atoms with Gasteiger partial charge in [0, 0.05) is 32.1 Å². The van der Waals surface area contributed by atoms with E-state index < -0.39 is 6.16 Å². The Kier molecular flexibility index (Phi) is 10.1. The van der Waals surface area contributed by atoms with E-state index in [4.69, 9.17) is 25.5 Å². The van der Waals surface area contributed by atoms with Gasteiger partial charge in [-0.15, -0.1) is 0 Å². The maximum atomic E-state index is 12.3. The number of amides is 2. The molecule has 0 bridgehead atoms. The van der Waals surface area contributed by atoms with Crippen LogP contribution in [0.2, 0.25) is 0 Å². The van der Waals surface area contributed by atoms with Crippen molar-refractivity contribution in [2.75, 3.05) is 26.3 Å². The number of nitrogens with two attached hydrogens (primary N) is 1. The highest BCUT2D eigenvalue weighted by molar-refractivity contribution is 5.79. The van der Waals surface area contributed by atoms with Gasteiger partial charge in [-0.1, -0.05) is 0 Å². The molecule has 3 rings (SSSR count). The summed E-state index contributed by atoms with van der Waals surface area (Å²) in [5, 5.41) is 27.7. The Labute approximate surface area is 197 Å². The van der Waals surface area contributed by atoms with E-state index in [0.717, 1.165) is 36.2 Å². The lowest BCUT2D eigenvalue weighted by Crippen LogP contribution is -2.47. The van der Waals surface area contributed by atoms with E-state index in [2.05, 4.69) is 16.8 Å². The quantitative estimate of drug-likeness (QED) is 0.341. The van der Waals surface area contributed by atoms with Crippen molar-refractivity contribution in [3.63, 3.8) is 0 Å². The summed E-state index contributed by atoms with van der Waals surface area (Å²) >= 11 is 0. The number of rotatable bonds is 8. The van der Waals surface area contributed by atoms with Crippen molar-refractivity contribution < 1.29 is 39.0 Å². The van der Waals surface area contributed by atoms with Crippen LogP contribution in [0.1, 0.15) is 32.5 Å². The summed E-state index contributed by atoms with van der Waals surface area (Å²) < 4.78 is 9.85. The molecular weight excluding hydrogens is 446 g/mol. The summed E-state index contributed by atoms with van der Waals surface area (Å²) in [4.78, 5) is 34.0. The average Bonchev–Trinajstić information content (AvgIpc) is 3.10. The second-order valence-corrected chi connectivity index (χ2v) is 7.79. The van der Waals surface area contributed by atoms with Crippen LogP contribution in [0.3, 0.4) is 0 Å². The number of imidazole rings is 1. The first kappa shape index (κ1) is 26.9. The number of carbonyl (C=O) groups is 3. The first-order valence-electron chi connectivity index (χ1n) is 11.1. The topological polar surface area (TPSA) is 174 Å². The van der Waals surface area contributed by atoms with Crippen LogP contribution in [-0.2, 0) is 29.2 Å². The van der Waals surface area contributed by atoms with Gasteiger partial charge in [0.25, 0.3) is 11.7 Å². The van der Waals surface area contributed by atoms with E-state index >= 15 is 0 Å². The summed E-state index contributed by atoms with van der Waals surface area (Å²) in [7, 11) is 0. The van der Waals surface area contributed by atoms with Crippen LogP contribution in [0, 0.1) is 0 Å². The number of aromatic nitrogens is 2. The Balaban J connectivity index is 0.000000945. The van der Waals surface area contributed by atoms with Crippen LogP contribution in [0.5, 0.6) is 5.75 Å². The van der Waals surface area contributed by atoms with E-state index in [-0.39, 0.29) is 31.1 Å². The maximum Gasteiger partial charge on any atom is 0.271 e. The molecule has 0 saturated carbocycles. The predicted molar refractivity (Wildman–Crippen MR) is 120 cm³/mol. The summed E-state index contributed by atoms with van der Waals surface area (Å²) in [6.07, 6.45) is -0.574. The summed E-state index contributed by atoms with van der Waals surface area (Å²) in [6.45, 7) is 6.47. The lowest BCUT2D eigenvalue weighted by Gasteiger charge is -2.31. The zero-order valence-corrected chi connectivity index (χ0v) is 19.5. The number of carbonyl (C=O) groups excluding carboxylic acids is 2. The highest BCUT2D eigenvalue weighted by Gasteiger charge is 2.24. The minimum Gasteiger partial charge on any atom is -0.565 e. The molecule has 34 heavy (non-hydrogen) atoms. The molecule has 0 aliphatic carbocycles. The largest absolute Gasteiger partial charge is 0.565 e. The van der Waals surface area contributed by atoms with Gasteiger partial charge in [0.2, 0.25) is 12.1 Å². The third kappa shape index (κ3) is 7.06. The van der Waals surface area contributed by atoms with Crippen molar-refractivity contribution >= 4 is 29.0 Å². The van der Waals surface area contributed by atoms with Crippen LogP contribution in [-0.4, -0.2) is 70.0 Å². The highest BCUT2D eigenvalue weighted by Crippen LogP contribution is 2.21. The number of nitrogens with one attached hydrogen (secondary N) is 1. The molecule has 2 amide bonds. The van der Waals surface area contributed by atoms with Crippen LogP contribution in [0.25, 0.3) is 11.0 Å². The Bertz CT molecular complexity index is 995. The number of benzene rings is 1. The molecule has 12 heteroatoms. The second kappa shape index (κ2) is 12.8. The molecule has 12 nitrogen and oxygen atoms in total. The third-order valence-electron chi connectivity index (χ3n) is 5.65. The van der Waals surface area contributed by atoms with Gasteiger partial charge in [-0.05, 0) is 31.9 Å². The van der Waals surface area contributed by atoms with Crippen LogP contribution in [0.15, 0.2) is 18.2 Å². The third-order valence-corrected chi connectivity index (χ3v) is 5.65. The second-order valence-electron chi connectivity index (χ2n) is 7.79. The number of hydrogen-bond donors (Lipinski definition) is 4. The highest BCUT2D eigenvalue weighted by atomic mass is 16.6. The molecule has 1 aromatic heterocycles. The Morgan fingerprint density at radius 3 is 2.47 bits per heavy atom. The van der Waals surface area contributed by atoms with E-state index in [0.29, 0.717) is 31.9 Å². The fourth-order valence-electron chi connectivity index (χ4n) is 4.14. The minimum atomic E-state index is -2.08. The molecule has 1 aromatic carbocycles. The number of likely N-dealkylation sites (tertiary alicyclic amines) is 1. The molecule has 0 atom stereocenters. The van der Waals surface area contributed by atoms with Gasteiger partial charge in [-0.2, -0.15) is 0 Å². The van der Waals surface area contributed by atoms with Crippen LogP contribution >= 0.6 is 0 Å². The summed E-state index contributed by atoms with van der Waals surface area (Å²) in [5.74, 6) is 1.43. The van der Waals surface area contributed by atoms with Gasteiger partial charge >= 0.3 is 0 Å². The minimum absolute atomic E-state index is 0.0103. The fraction of sp³-hybridized carbons (Fsp3) is 0.545.